The van der Waals surface area contributed by atoms with Gasteiger partial charge in [-0.25, -0.2) is 9.37 Å². The van der Waals surface area contributed by atoms with Crippen LogP contribution in [0.5, 0.6) is 0 Å². The quantitative estimate of drug-likeness (QED) is 0.842. The molecular weight excluding hydrogens is 241 g/mol. The van der Waals surface area contributed by atoms with Crippen molar-refractivity contribution in [2.45, 2.75) is 6.54 Å². The zero-order chi connectivity index (χ0) is 12.3. The molecule has 1 heterocycles. The van der Waals surface area contributed by atoms with Crippen molar-refractivity contribution in [3.8, 4) is 0 Å². The van der Waals surface area contributed by atoms with Gasteiger partial charge in [0, 0.05) is 24.6 Å². The summed E-state index contributed by atoms with van der Waals surface area (Å²) in [5, 5.41) is 3.14. The van der Waals surface area contributed by atoms with Crippen molar-refractivity contribution in [3.63, 3.8) is 0 Å². The zero-order valence-electron chi connectivity index (χ0n) is 9.03. The predicted molar refractivity (Wildman–Crippen MR) is 67.1 cm³/mol. The van der Waals surface area contributed by atoms with Crippen molar-refractivity contribution in [1.29, 1.82) is 0 Å². The van der Waals surface area contributed by atoms with Crippen molar-refractivity contribution in [1.82, 2.24) is 9.55 Å². The Bertz CT molecular complexity index is 536. The Morgan fingerprint density at radius 3 is 3.06 bits per heavy atom. The van der Waals surface area contributed by atoms with Crippen molar-refractivity contribution in [2.24, 2.45) is 0 Å². The van der Waals surface area contributed by atoms with Crippen molar-refractivity contribution >= 4 is 23.2 Å². The number of anilines is 2. The number of benzene rings is 1. The van der Waals surface area contributed by atoms with Crippen molar-refractivity contribution < 1.29 is 4.39 Å². The molecule has 0 fully saturated rings. The van der Waals surface area contributed by atoms with Gasteiger partial charge < -0.3 is 9.88 Å². The molecule has 1 aromatic carbocycles. The molecule has 0 unspecified atom stereocenters. The first-order chi connectivity index (χ1) is 8.20. The third kappa shape index (κ3) is 2.65. The van der Waals surface area contributed by atoms with Crippen LogP contribution in [-0.2, 0) is 6.54 Å². The van der Waals surface area contributed by atoms with Gasteiger partial charge in [0.1, 0.15) is 5.82 Å². The number of hydrogen-bond donors (Lipinski definition) is 1. The third-order valence-electron chi connectivity index (χ3n) is 2.22. The summed E-state index contributed by atoms with van der Waals surface area (Å²) in [6.07, 6.45) is 5.27. The number of aromatic nitrogens is 2. The first kappa shape index (κ1) is 11.7. The molecule has 0 aliphatic rings. The predicted octanol–water partition coefficient (Wildman–Crippen LogP) is 3.61. The molecule has 0 radical (unpaired) electrons. The topological polar surface area (TPSA) is 29.9 Å². The molecule has 2 aromatic rings. The third-order valence-corrected chi connectivity index (χ3v) is 2.51. The van der Waals surface area contributed by atoms with E-state index in [-0.39, 0.29) is 5.02 Å². The highest BCUT2D eigenvalue weighted by Crippen LogP contribution is 2.22. The van der Waals surface area contributed by atoms with E-state index < -0.39 is 5.82 Å². The Labute approximate surface area is 104 Å². The van der Waals surface area contributed by atoms with Crippen molar-refractivity contribution in [3.05, 3.63) is 54.1 Å². The van der Waals surface area contributed by atoms with Crippen molar-refractivity contribution in [2.75, 3.05) is 5.32 Å². The lowest BCUT2D eigenvalue weighted by atomic mass is 10.3. The Hall–Kier alpha value is -1.81. The first-order valence-corrected chi connectivity index (χ1v) is 5.42. The number of rotatable bonds is 4. The summed E-state index contributed by atoms with van der Waals surface area (Å²) in [7, 11) is 0. The van der Waals surface area contributed by atoms with E-state index in [1.807, 2.05) is 10.8 Å². The van der Waals surface area contributed by atoms with E-state index in [1.165, 1.54) is 12.1 Å². The van der Waals surface area contributed by atoms with Crippen LogP contribution < -0.4 is 5.32 Å². The largest absolute Gasteiger partial charge is 0.326 e. The molecule has 0 aliphatic carbocycles. The summed E-state index contributed by atoms with van der Waals surface area (Å²) in [6.45, 7) is 4.31. The summed E-state index contributed by atoms with van der Waals surface area (Å²) in [6, 6.07) is 4.43. The molecule has 0 aliphatic heterocycles. The Kier molecular flexibility index (Phi) is 3.44. The zero-order valence-corrected chi connectivity index (χ0v) is 9.78. The minimum Gasteiger partial charge on any atom is -0.326 e. The average Bonchev–Trinajstić information content (AvgIpc) is 2.72. The standard InChI is InChI=1S/C12H11ClFN3/c1-2-6-17-7-5-15-12(17)16-9-3-4-11(14)10(13)8-9/h2-5,7-8H,1,6H2,(H,15,16). The fraction of sp³-hybridized carbons (Fsp3) is 0.0833. The number of imidazole rings is 1. The Morgan fingerprint density at radius 1 is 1.53 bits per heavy atom. The molecule has 3 nitrogen and oxygen atoms in total. The molecule has 0 bridgehead atoms. The monoisotopic (exact) mass is 251 g/mol. The van der Waals surface area contributed by atoms with E-state index in [9.17, 15) is 4.39 Å². The molecule has 0 spiro atoms. The minimum atomic E-state index is -0.438. The molecule has 5 heteroatoms. The van der Waals surface area contributed by atoms with Gasteiger partial charge in [-0.1, -0.05) is 17.7 Å². The molecule has 1 aromatic heterocycles. The summed E-state index contributed by atoms with van der Waals surface area (Å²) in [5.41, 5.74) is 0.688. The lowest BCUT2D eigenvalue weighted by Gasteiger charge is -2.08. The van der Waals surface area contributed by atoms with E-state index in [0.29, 0.717) is 18.2 Å². The highest BCUT2D eigenvalue weighted by molar-refractivity contribution is 6.31. The number of hydrogen-bond acceptors (Lipinski definition) is 2. The second-order valence-corrected chi connectivity index (χ2v) is 3.85. The van der Waals surface area contributed by atoms with Gasteiger partial charge in [-0.05, 0) is 18.2 Å². The molecule has 2 rings (SSSR count). The lowest BCUT2D eigenvalue weighted by molar-refractivity contribution is 0.628. The van der Waals surface area contributed by atoms with Crippen LogP contribution in [0.1, 0.15) is 0 Å². The van der Waals surface area contributed by atoms with E-state index >= 15 is 0 Å². The number of nitrogens with zero attached hydrogens (tertiary/aromatic N) is 2. The second kappa shape index (κ2) is 5.01. The van der Waals surface area contributed by atoms with Crippen LogP contribution in [0.2, 0.25) is 5.02 Å². The highest BCUT2D eigenvalue weighted by Gasteiger charge is 2.04. The molecule has 0 atom stereocenters. The molecular formula is C12H11ClFN3. The lowest BCUT2D eigenvalue weighted by Crippen LogP contribution is -2.01. The Balaban J connectivity index is 2.22. The molecule has 0 amide bonds. The van der Waals surface area contributed by atoms with Gasteiger partial charge in [0.25, 0.3) is 0 Å². The number of allylic oxidation sites excluding steroid dienone is 1. The average molecular weight is 252 g/mol. The van der Waals surface area contributed by atoms with E-state index in [0.717, 1.165) is 0 Å². The molecule has 1 N–H and O–H groups in total. The van der Waals surface area contributed by atoms with Gasteiger partial charge in [-0.3, -0.25) is 0 Å². The van der Waals surface area contributed by atoms with Crippen LogP contribution >= 0.6 is 11.6 Å². The van der Waals surface area contributed by atoms with Gasteiger partial charge >= 0.3 is 0 Å². The second-order valence-electron chi connectivity index (χ2n) is 3.45. The SMILES string of the molecule is C=CCn1ccnc1Nc1ccc(F)c(Cl)c1. The molecule has 0 saturated carbocycles. The minimum absolute atomic E-state index is 0.0804. The van der Waals surface area contributed by atoms with Crippen LogP contribution in [0.4, 0.5) is 16.0 Å². The maximum absolute atomic E-state index is 13.0. The van der Waals surface area contributed by atoms with Gasteiger partial charge in [0.05, 0.1) is 5.02 Å². The summed E-state index contributed by atoms with van der Waals surface area (Å²) < 4.78 is 14.9. The normalized spacial score (nSPS) is 10.2. The summed E-state index contributed by atoms with van der Waals surface area (Å²) in [5.74, 6) is 0.222. The summed E-state index contributed by atoms with van der Waals surface area (Å²) in [4.78, 5) is 4.15. The van der Waals surface area contributed by atoms with Gasteiger partial charge in [-0.15, -0.1) is 6.58 Å². The number of halogens is 2. The fourth-order valence-corrected chi connectivity index (χ4v) is 1.60. The van der Waals surface area contributed by atoms with E-state index in [2.05, 4.69) is 16.9 Å². The molecule has 88 valence electrons. The first-order valence-electron chi connectivity index (χ1n) is 5.05. The smallest absolute Gasteiger partial charge is 0.207 e. The van der Waals surface area contributed by atoms with Crippen LogP contribution in [0.15, 0.2) is 43.2 Å². The maximum Gasteiger partial charge on any atom is 0.207 e. The van der Waals surface area contributed by atoms with E-state index in [4.69, 9.17) is 11.6 Å². The maximum atomic E-state index is 13.0. The fourth-order valence-electron chi connectivity index (χ4n) is 1.42. The Morgan fingerprint density at radius 2 is 2.35 bits per heavy atom. The van der Waals surface area contributed by atoms with Gasteiger partial charge in [0.15, 0.2) is 0 Å². The van der Waals surface area contributed by atoms with Crippen LogP contribution in [0, 0.1) is 5.82 Å². The van der Waals surface area contributed by atoms with Crippen LogP contribution in [0.25, 0.3) is 0 Å². The number of nitrogens with one attached hydrogen (secondary N) is 1. The van der Waals surface area contributed by atoms with Gasteiger partial charge in [0.2, 0.25) is 5.95 Å². The summed E-state index contributed by atoms with van der Waals surface area (Å²) >= 11 is 5.70. The van der Waals surface area contributed by atoms with E-state index in [1.54, 1.807) is 18.3 Å². The molecule has 0 saturated heterocycles. The molecule has 17 heavy (non-hydrogen) atoms. The highest BCUT2D eigenvalue weighted by atomic mass is 35.5. The van der Waals surface area contributed by atoms with Gasteiger partial charge in [-0.2, -0.15) is 0 Å². The van der Waals surface area contributed by atoms with Crippen LogP contribution in [0.3, 0.4) is 0 Å². The van der Waals surface area contributed by atoms with Crippen LogP contribution in [-0.4, -0.2) is 9.55 Å².